The number of hydrogen-bond donors (Lipinski definition) is 1. The van der Waals surface area contributed by atoms with E-state index in [1.807, 2.05) is 19.2 Å². The fraction of sp³-hybridized carbons (Fsp3) is 0.500. The number of methoxy groups -OCH3 is 1. The van der Waals surface area contributed by atoms with Gasteiger partial charge in [0, 0.05) is 6.04 Å². The quantitative estimate of drug-likeness (QED) is 0.776. The molecule has 1 aromatic rings. The van der Waals surface area contributed by atoms with E-state index in [0.29, 0.717) is 6.04 Å². The lowest BCUT2D eigenvalue weighted by Crippen LogP contribution is -2.15. The zero-order valence-corrected chi connectivity index (χ0v) is 9.21. The topological polar surface area (TPSA) is 21.3 Å². The van der Waals surface area contributed by atoms with Crippen molar-refractivity contribution in [2.24, 2.45) is 0 Å². The zero-order valence-electron chi connectivity index (χ0n) is 9.21. The molecule has 0 aliphatic heterocycles. The molecule has 1 atom stereocenters. The fourth-order valence-corrected chi connectivity index (χ4v) is 1.62. The Balaban J connectivity index is 2.80. The van der Waals surface area contributed by atoms with Crippen LogP contribution in [-0.4, -0.2) is 14.2 Å². The van der Waals surface area contributed by atoms with E-state index in [9.17, 15) is 0 Å². The highest BCUT2D eigenvalue weighted by molar-refractivity contribution is 5.30. The van der Waals surface area contributed by atoms with Crippen LogP contribution in [0.5, 0.6) is 5.75 Å². The van der Waals surface area contributed by atoms with E-state index in [1.165, 1.54) is 12.0 Å². The lowest BCUT2D eigenvalue weighted by molar-refractivity contribution is 0.413. The van der Waals surface area contributed by atoms with Gasteiger partial charge >= 0.3 is 0 Å². The molecule has 0 radical (unpaired) electrons. The van der Waals surface area contributed by atoms with E-state index in [1.54, 1.807) is 7.11 Å². The van der Waals surface area contributed by atoms with Crippen LogP contribution < -0.4 is 10.1 Å². The van der Waals surface area contributed by atoms with Gasteiger partial charge < -0.3 is 10.1 Å². The van der Waals surface area contributed by atoms with E-state index in [-0.39, 0.29) is 0 Å². The maximum absolute atomic E-state index is 5.20. The van der Waals surface area contributed by atoms with Crippen molar-refractivity contribution in [1.82, 2.24) is 5.32 Å². The Morgan fingerprint density at radius 3 is 2.79 bits per heavy atom. The van der Waals surface area contributed by atoms with Crippen LogP contribution in [0, 0.1) is 0 Å². The van der Waals surface area contributed by atoms with Crippen molar-refractivity contribution in [1.29, 1.82) is 0 Å². The van der Waals surface area contributed by atoms with Crippen LogP contribution in [0.1, 0.15) is 31.4 Å². The normalized spacial score (nSPS) is 12.5. The molecule has 0 aromatic heterocycles. The third-order valence-electron chi connectivity index (χ3n) is 2.42. The Morgan fingerprint density at radius 2 is 2.21 bits per heavy atom. The summed E-state index contributed by atoms with van der Waals surface area (Å²) in [6, 6.07) is 8.68. The Bertz CT molecular complexity index is 273. The van der Waals surface area contributed by atoms with Gasteiger partial charge in [-0.25, -0.2) is 0 Å². The molecule has 1 rings (SSSR count). The average Bonchev–Trinajstić information content (AvgIpc) is 2.26. The van der Waals surface area contributed by atoms with Crippen LogP contribution in [0.15, 0.2) is 24.3 Å². The summed E-state index contributed by atoms with van der Waals surface area (Å²) in [6.45, 7) is 2.20. The minimum absolute atomic E-state index is 0.440. The van der Waals surface area contributed by atoms with Crippen molar-refractivity contribution in [2.75, 3.05) is 14.2 Å². The molecule has 2 heteroatoms. The molecule has 0 aliphatic rings. The van der Waals surface area contributed by atoms with Gasteiger partial charge in [-0.3, -0.25) is 0 Å². The largest absolute Gasteiger partial charge is 0.497 e. The molecule has 78 valence electrons. The molecule has 14 heavy (non-hydrogen) atoms. The molecule has 0 fully saturated rings. The van der Waals surface area contributed by atoms with Gasteiger partial charge in [-0.15, -0.1) is 0 Å². The molecule has 0 bridgehead atoms. The van der Waals surface area contributed by atoms with Gasteiger partial charge in [-0.05, 0) is 31.2 Å². The standard InChI is InChI=1S/C12H19NO/c1-4-6-12(13-2)10-7-5-8-11(9-10)14-3/h5,7-9,12-13H,4,6H2,1-3H3/t12-/m0/s1. The molecule has 0 unspecified atom stereocenters. The Kier molecular flexibility index (Phi) is 4.47. The second-order valence-electron chi connectivity index (χ2n) is 3.41. The lowest BCUT2D eigenvalue weighted by Gasteiger charge is -2.16. The van der Waals surface area contributed by atoms with Gasteiger partial charge in [0.05, 0.1) is 7.11 Å². The lowest BCUT2D eigenvalue weighted by atomic mass is 10.0. The molecule has 0 aliphatic carbocycles. The molecular weight excluding hydrogens is 174 g/mol. The minimum Gasteiger partial charge on any atom is -0.497 e. The maximum atomic E-state index is 5.20. The Morgan fingerprint density at radius 1 is 1.43 bits per heavy atom. The van der Waals surface area contributed by atoms with Crippen molar-refractivity contribution in [2.45, 2.75) is 25.8 Å². The summed E-state index contributed by atoms with van der Waals surface area (Å²) in [6.07, 6.45) is 2.34. The van der Waals surface area contributed by atoms with Crippen molar-refractivity contribution in [3.8, 4) is 5.75 Å². The van der Waals surface area contributed by atoms with Crippen LogP contribution >= 0.6 is 0 Å². The summed E-state index contributed by atoms with van der Waals surface area (Å²) < 4.78 is 5.20. The molecular formula is C12H19NO. The van der Waals surface area contributed by atoms with Gasteiger partial charge in [0.25, 0.3) is 0 Å². The van der Waals surface area contributed by atoms with E-state index < -0.39 is 0 Å². The number of benzene rings is 1. The first kappa shape index (κ1) is 11.1. The first-order chi connectivity index (χ1) is 6.81. The predicted molar refractivity (Wildman–Crippen MR) is 59.7 cm³/mol. The summed E-state index contributed by atoms with van der Waals surface area (Å²) in [4.78, 5) is 0. The highest BCUT2D eigenvalue weighted by atomic mass is 16.5. The van der Waals surface area contributed by atoms with E-state index in [0.717, 1.165) is 12.2 Å². The Hall–Kier alpha value is -1.02. The van der Waals surface area contributed by atoms with E-state index >= 15 is 0 Å². The monoisotopic (exact) mass is 193 g/mol. The van der Waals surface area contributed by atoms with Gasteiger partial charge in [0.2, 0.25) is 0 Å². The van der Waals surface area contributed by atoms with Crippen LogP contribution in [-0.2, 0) is 0 Å². The predicted octanol–water partition coefficient (Wildman–Crippen LogP) is 2.76. The minimum atomic E-state index is 0.440. The molecule has 0 saturated heterocycles. The van der Waals surface area contributed by atoms with Crippen molar-refractivity contribution in [3.63, 3.8) is 0 Å². The van der Waals surface area contributed by atoms with Gasteiger partial charge in [0.15, 0.2) is 0 Å². The smallest absolute Gasteiger partial charge is 0.119 e. The molecule has 0 saturated carbocycles. The summed E-state index contributed by atoms with van der Waals surface area (Å²) in [7, 11) is 3.70. The fourth-order valence-electron chi connectivity index (χ4n) is 1.62. The van der Waals surface area contributed by atoms with Gasteiger partial charge in [-0.2, -0.15) is 0 Å². The van der Waals surface area contributed by atoms with E-state index in [2.05, 4.69) is 24.4 Å². The third kappa shape index (κ3) is 2.74. The molecule has 1 N–H and O–H groups in total. The first-order valence-electron chi connectivity index (χ1n) is 5.13. The zero-order chi connectivity index (χ0) is 10.4. The van der Waals surface area contributed by atoms with E-state index in [4.69, 9.17) is 4.74 Å². The van der Waals surface area contributed by atoms with Crippen LogP contribution in [0.2, 0.25) is 0 Å². The second-order valence-corrected chi connectivity index (χ2v) is 3.41. The molecule has 0 spiro atoms. The molecule has 0 heterocycles. The SMILES string of the molecule is CCC[C@H](NC)c1cccc(OC)c1. The van der Waals surface area contributed by atoms with Crippen molar-refractivity contribution >= 4 is 0 Å². The molecule has 2 nitrogen and oxygen atoms in total. The highest BCUT2D eigenvalue weighted by Gasteiger charge is 2.07. The summed E-state index contributed by atoms with van der Waals surface area (Å²) >= 11 is 0. The second kappa shape index (κ2) is 5.66. The van der Waals surface area contributed by atoms with Crippen molar-refractivity contribution < 1.29 is 4.74 Å². The third-order valence-corrected chi connectivity index (χ3v) is 2.42. The molecule has 0 amide bonds. The van der Waals surface area contributed by atoms with Crippen LogP contribution in [0.4, 0.5) is 0 Å². The summed E-state index contributed by atoms with van der Waals surface area (Å²) in [5.41, 5.74) is 1.30. The maximum Gasteiger partial charge on any atom is 0.119 e. The highest BCUT2D eigenvalue weighted by Crippen LogP contribution is 2.21. The van der Waals surface area contributed by atoms with Gasteiger partial charge in [0.1, 0.15) is 5.75 Å². The number of rotatable bonds is 5. The van der Waals surface area contributed by atoms with Crippen LogP contribution in [0.25, 0.3) is 0 Å². The number of ether oxygens (including phenoxy) is 1. The van der Waals surface area contributed by atoms with Gasteiger partial charge in [-0.1, -0.05) is 25.5 Å². The summed E-state index contributed by atoms with van der Waals surface area (Å²) in [5.74, 6) is 0.929. The number of hydrogen-bond acceptors (Lipinski definition) is 2. The Labute approximate surface area is 86.3 Å². The average molecular weight is 193 g/mol. The summed E-state index contributed by atoms with van der Waals surface area (Å²) in [5, 5.41) is 3.32. The first-order valence-corrected chi connectivity index (χ1v) is 5.13. The van der Waals surface area contributed by atoms with Crippen LogP contribution in [0.3, 0.4) is 0 Å². The van der Waals surface area contributed by atoms with Crippen molar-refractivity contribution in [3.05, 3.63) is 29.8 Å². The molecule has 1 aromatic carbocycles. The number of nitrogens with one attached hydrogen (secondary N) is 1.